The van der Waals surface area contributed by atoms with Crippen LogP contribution in [0.2, 0.25) is 0 Å². The zero-order valence-electron chi connectivity index (χ0n) is 10.0. The molecule has 0 spiro atoms. The fourth-order valence-electron chi connectivity index (χ4n) is 1.84. The Bertz CT molecular complexity index is 505. The second kappa shape index (κ2) is 5.02. The van der Waals surface area contributed by atoms with Gasteiger partial charge in [-0.3, -0.25) is 4.68 Å². The molecule has 0 amide bonds. The van der Waals surface area contributed by atoms with E-state index < -0.39 is 0 Å². The Morgan fingerprint density at radius 2 is 1.94 bits per heavy atom. The van der Waals surface area contributed by atoms with E-state index in [4.69, 9.17) is 5.73 Å². The van der Waals surface area contributed by atoms with Crippen LogP contribution in [-0.2, 0) is 6.54 Å². The Balaban J connectivity index is 2.19. The number of aryl methyl sites for hydroxylation is 1. The molecule has 2 rings (SSSR count). The van der Waals surface area contributed by atoms with Crippen LogP contribution in [0.1, 0.15) is 23.0 Å². The van der Waals surface area contributed by atoms with E-state index in [0.29, 0.717) is 6.54 Å². The number of nitrogens with two attached hydrogens (primary N) is 1. The van der Waals surface area contributed by atoms with Crippen molar-refractivity contribution in [3.63, 3.8) is 0 Å². The van der Waals surface area contributed by atoms with Gasteiger partial charge in [-0.1, -0.05) is 30.3 Å². The molecule has 1 aromatic heterocycles. The Morgan fingerprint density at radius 1 is 1.29 bits per heavy atom. The minimum atomic E-state index is -0.0268. The Kier molecular flexibility index (Phi) is 3.64. The van der Waals surface area contributed by atoms with E-state index in [1.165, 1.54) is 0 Å². The standard InChI is InChI=1S/C13H16BrN3/c1-9-13(14)10(2)17(16-9)8-12(15)11-6-4-3-5-7-11/h3-7,12H,8,15H2,1-2H3. The molecule has 0 fully saturated rings. The minimum Gasteiger partial charge on any atom is -0.322 e. The van der Waals surface area contributed by atoms with Gasteiger partial charge < -0.3 is 5.73 Å². The minimum absolute atomic E-state index is 0.0268. The second-order valence-corrected chi connectivity index (χ2v) is 4.98. The Hall–Kier alpha value is -1.13. The van der Waals surface area contributed by atoms with Gasteiger partial charge in [-0.05, 0) is 35.3 Å². The summed E-state index contributed by atoms with van der Waals surface area (Å²) in [6.07, 6.45) is 0. The highest BCUT2D eigenvalue weighted by atomic mass is 79.9. The first kappa shape index (κ1) is 12.3. The summed E-state index contributed by atoms with van der Waals surface area (Å²) in [7, 11) is 0. The molecule has 4 heteroatoms. The van der Waals surface area contributed by atoms with Crippen molar-refractivity contribution in [2.45, 2.75) is 26.4 Å². The first-order chi connectivity index (χ1) is 8.09. The molecule has 1 heterocycles. The van der Waals surface area contributed by atoms with Gasteiger partial charge in [-0.15, -0.1) is 0 Å². The van der Waals surface area contributed by atoms with Gasteiger partial charge in [0, 0.05) is 11.7 Å². The van der Waals surface area contributed by atoms with E-state index >= 15 is 0 Å². The van der Waals surface area contributed by atoms with Crippen molar-refractivity contribution in [3.05, 3.63) is 51.8 Å². The number of hydrogen-bond donors (Lipinski definition) is 1. The van der Waals surface area contributed by atoms with Gasteiger partial charge in [0.25, 0.3) is 0 Å². The third kappa shape index (κ3) is 2.58. The first-order valence-corrected chi connectivity index (χ1v) is 6.39. The lowest BCUT2D eigenvalue weighted by atomic mass is 10.1. The largest absolute Gasteiger partial charge is 0.322 e. The smallest absolute Gasteiger partial charge is 0.0738 e. The lowest BCUT2D eigenvalue weighted by molar-refractivity contribution is 0.514. The average molecular weight is 294 g/mol. The molecule has 0 radical (unpaired) electrons. The highest BCUT2D eigenvalue weighted by Gasteiger charge is 2.12. The molecule has 1 atom stereocenters. The van der Waals surface area contributed by atoms with Gasteiger partial charge in [0.1, 0.15) is 0 Å². The molecule has 0 aliphatic rings. The van der Waals surface area contributed by atoms with Crippen LogP contribution < -0.4 is 5.73 Å². The monoisotopic (exact) mass is 293 g/mol. The number of rotatable bonds is 3. The summed E-state index contributed by atoms with van der Waals surface area (Å²) in [5, 5.41) is 4.47. The molecule has 17 heavy (non-hydrogen) atoms. The zero-order chi connectivity index (χ0) is 12.4. The van der Waals surface area contributed by atoms with Crippen LogP contribution in [0.5, 0.6) is 0 Å². The summed E-state index contributed by atoms with van der Waals surface area (Å²) in [6, 6.07) is 10.1. The predicted molar refractivity (Wildman–Crippen MR) is 72.8 cm³/mol. The molecule has 0 saturated carbocycles. The van der Waals surface area contributed by atoms with Crippen LogP contribution in [0.4, 0.5) is 0 Å². The van der Waals surface area contributed by atoms with Gasteiger partial charge in [-0.25, -0.2) is 0 Å². The van der Waals surface area contributed by atoms with Crippen molar-refractivity contribution in [2.24, 2.45) is 5.73 Å². The number of benzene rings is 1. The molecule has 2 aromatic rings. The molecule has 0 aliphatic carbocycles. The molecule has 1 unspecified atom stereocenters. The molecule has 0 saturated heterocycles. The summed E-state index contributed by atoms with van der Waals surface area (Å²) in [5.41, 5.74) is 9.44. The highest BCUT2D eigenvalue weighted by Crippen LogP contribution is 2.21. The Morgan fingerprint density at radius 3 is 2.47 bits per heavy atom. The normalized spacial score (nSPS) is 12.7. The number of nitrogens with zero attached hydrogens (tertiary/aromatic N) is 2. The van der Waals surface area contributed by atoms with Crippen LogP contribution in [-0.4, -0.2) is 9.78 Å². The molecule has 90 valence electrons. The first-order valence-electron chi connectivity index (χ1n) is 5.59. The van der Waals surface area contributed by atoms with Crippen molar-refractivity contribution < 1.29 is 0 Å². The molecular formula is C13H16BrN3. The number of aromatic nitrogens is 2. The van der Waals surface area contributed by atoms with E-state index in [1.54, 1.807) is 0 Å². The summed E-state index contributed by atoms with van der Waals surface area (Å²) >= 11 is 3.52. The quantitative estimate of drug-likeness (QED) is 0.945. The van der Waals surface area contributed by atoms with Gasteiger partial charge in [0.15, 0.2) is 0 Å². The van der Waals surface area contributed by atoms with E-state index in [-0.39, 0.29) is 6.04 Å². The van der Waals surface area contributed by atoms with Crippen LogP contribution in [0.3, 0.4) is 0 Å². The van der Waals surface area contributed by atoms with Gasteiger partial charge in [0.2, 0.25) is 0 Å². The fraction of sp³-hybridized carbons (Fsp3) is 0.308. The van der Waals surface area contributed by atoms with E-state index in [9.17, 15) is 0 Å². The lowest BCUT2D eigenvalue weighted by Gasteiger charge is -2.13. The lowest BCUT2D eigenvalue weighted by Crippen LogP contribution is -2.19. The van der Waals surface area contributed by atoms with E-state index in [1.807, 2.05) is 48.9 Å². The van der Waals surface area contributed by atoms with Crippen molar-refractivity contribution in [1.29, 1.82) is 0 Å². The number of halogens is 1. The fourth-order valence-corrected chi connectivity index (χ4v) is 2.13. The van der Waals surface area contributed by atoms with Crippen molar-refractivity contribution in [2.75, 3.05) is 0 Å². The summed E-state index contributed by atoms with van der Waals surface area (Å²) in [5.74, 6) is 0. The topological polar surface area (TPSA) is 43.8 Å². The molecule has 0 bridgehead atoms. The summed E-state index contributed by atoms with van der Waals surface area (Å²) < 4.78 is 3.02. The highest BCUT2D eigenvalue weighted by molar-refractivity contribution is 9.10. The summed E-state index contributed by atoms with van der Waals surface area (Å²) in [6.45, 7) is 4.73. The Labute approximate surface area is 110 Å². The maximum atomic E-state index is 6.18. The maximum absolute atomic E-state index is 6.18. The van der Waals surface area contributed by atoms with E-state index in [0.717, 1.165) is 21.4 Å². The van der Waals surface area contributed by atoms with Crippen molar-refractivity contribution >= 4 is 15.9 Å². The van der Waals surface area contributed by atoms with Gasteiger partial charge in [0.05, 0.1) is 16.7 Å². The van der Waals surface area contributed by atoms with Gasteiger partial charge in [-0.2, -0.15) is 5.10 Å². The molecular weight excluding hydrogens is 278 g/mol. The SMILES string of the molecule is Cc1nn(CC(N)c2ccccc2)c(C)c1Br. The van der Waals surface area contributed by atoms with Crippen LogP contribution >= 0.6 is 15.9 Å². The third-order valence-corrected chi connectivity index (χ3v) is 4.04. The number of hydrogen-bond acceptors (Lipinski definition) is 2. The van der Waals surface area contributed by atoms with Crippen LogP contribution in [0, 0.1) is 13.8 Å². The molecule has 0 aliphatic heterocycles. The average Bonchev–Trinajstić information content (AvgIpc) is 2.58. The van der Waals surface area contributed by atoms with Crippen molar-refractivity contribution in [1.82, 2.24) is 9.78 Å². The van der Waals surface area contributed by atoms with E-state index in [2.05, 4.69) is 21.0 Å². The zero-order valence-corrected chi connectivity index (χ0v) is 11.6. The summed E-state index contributed by atoms with van der Waals surface area (Å²) in [4.78, 5) is 0. The predicted octanol–water partition coefficient (Wildman–Crippen LogP) is 2.96. The molecule has 1 aromatic carbocycles. The van der Waals surface area contributed by atoms with Gasteiger partial charge >= 0.3 is 0 Å². The molecule has 3 nitrogen and oxygen atoms in total. The van der Waals surface area contributed by atoms with Crippen molar-refractivity contribution in [3.8, 4) is 0 Å². The van der Waals surface area contributed by atoms with Crippen LogP contribution in [0.15, 0.2) is 34.8 Å². The third-order valence-electron chi connectivity index (χ3n) is 2.89. The second-order valence-electron chi connectivity index (χ2n) is 4.18. The molecule has 2 N–H and O–H groups in total. The maximum Gasteiger partial charge on any atom is 0.0738 e. The van der Waals surface area contributed by atoms with Crippen LogP contribution in [0.25, 0.3) is 0 Å².